The fourth-order valence-corrected chi connectivity index (χ4v) is 22.5. The minimum absolute atomic E-state index is 0.215. The van der Waals surface area contributed by atoms with Gasteiger partial charge < -0.3 is 85.3 Å². The second kappa shape index (κ2) is 62.0. The van der Waals surface area contributed by atoms with Crippen LogP contribution in [0.15, 0.2) is 48.5 Å². The van der Waals surface area contributed by atoms with Crippen LogP contribution in [0.4, 0.5) is 0 Å². The number of benzene rings is 2. The summed E-state index contributed by atoms with van der Waals surface area (Å²) in [6.07, 6.45) is 63.9. The lowest BCUT2D eigenvalue weighted by Crippen LogP contribution is -2.39. The minimum Gasteiger partial charge on any atom is -0.373 e. The van der Waals surface area contributed by atoms with Crippen LogP contribution in [0.2, 0.25) is 0 Å². The molecular weight excluding hydrogens is 1630 g/mol. The summed E-state index contributed by atoms with van der Waals surface area (Å²) in [5.41, 5.74) is 5.19. The van der Waals surface area contributed by atoms with E-state index in [2.05, 4.69) is 132 Å². The molecule has 2 heterocycles. The Morgan fingerprint density at radius 1 is 0.246 bits per heavy atom. The number of hydrogen-bond acceptors (Lipinski definition) is 18. The highest BCUT2D eigenvalue weighted by Crippen LogP contribution is 2.46. The summed E-state index contributed by atoms with van der Waals surface area (Å²) in [5.74, 6) is 3.32. The van der Waals surface area contributed by atoms with Gasteiger partial charge in [0.25, 0.3) is 0 Å². The first-order valence-electron chi connectivity index (χ1n) is 54.0. The summed E-state index contributed by atoms with van der Waals surface area (Å²) in [7, 11) is 14.2. The van der Waals surface area contributed by atoms with Crippen LogP contribution in [-0.2, 0) is 111 Å². The number of hydrogen-bond donors (Lipinski definition) is 0. The molecule has 10 aliphatic carbocycles. The number of rotatable bonds is 42. The molecule has 2 aliphatic heterocycles. The first-order valence-corrected chi connectivity index (χ1v) is 54.0. The SMILES string of the molecule is CCC1CCC(COC2(OC)CCCC2)CC1.CCC1CCC(COC2(OC)CCCC2)O1.CCC1CCC(COC2(OC)CCCC2C)CC1.CCC1CCC(COC2(OC)CCCC2C)O1.CCCCCOC1(OC)CCCC1.CCCCCOC1(OC)CCCC1C.CCc1ccc(COC2(OC)CCCC2)cc1.CCc1ccc(COC2(OC)CCCC2C)cc1. The van der Waals surface area contributed by atoms with Crippen LogP contribution >= 0.6 is 0 Å². The van der Waals surface area contributed by atoms with E-state index in [9.17, 15) is 0 Å². The van der Waals surface area contributed by atoms with Gasteiger partial charge in [0.2, 0.25) is 0 Å². The van der Waals surface area contributed by atoms with E-state index in [-0.39, 0.29) is 58.5 Å². The molecule has 12 fully saturated rings. The average Bonchev–Trinajstić information content (AvgIpc) is 1.68. The average molecular weight is 1830 g/mol. The van der Waals surface area contributed by atoms with Crippen molar-refractivity contribution in [2.45, 2.75) is 501 Å². The van der Waals surface area contributed by atoms with Crippen LogP contribution in [0.25, 0.3) is 0 Å². The monoisotopic (exact) mass is 1830 g/mol. The third-order valence-electron chi connectivity index (χ3n) is 32.6. The zero-order valence-corrected chi connectivity index (χ0v) is 87.3. The number of aryl methyl sites for hydroxylation is 2. The molecule has 756 valence electrons. The Labute approximate surface area is 796 Å². The molecule has 0 bridgehead atoms. The van der Waals surface area contributed by atoms with Crippen LogP contribution in [0.5, 0.6) is 0 Å². The van der Waals surface area contributed by atoms with Crippen molar-refractivity contribution in [2.24, 2.45) is 47.3 Å². The van der Waals surface area contributed by atoms with Crippen LogP contribution in [0.1, 0.15) is 426 Å². The molecular formula is C112H200O18. The molecule has 14 rings (SSSR count). The maximum atomic E-state index is 6.24. The molecule has 2 aromatic rings. The van der Waals surface area contributed by atoms with Gasteiger partial charge in [-0.2, -0.15) is 0 Å². The summed E-state index contributed by atoms with van der Waals surface area (Å²) in [5, 5.41) is 0. The molecule has 2 saturated heterocycles. The highest BCUT2D eigenvalue weighted by atomic mass is 16.7. The highest BCUT2D eigenvalue weighted by molar-refractivity contribution is 5.23. The zero-order chi connectivity index (χ0) is 94.0. The van der Waals surface area contributed by atoms with Crippen molar-refractivity contribution in [3.05, 3.63) is 70.8 Å². The molecule has 0 amide bonds. The molecule has 0 N–H and O–H groups in total. The van der Waals surface area contributed by atoms with E-state index in [1.807, 2.05) is 7.11 Å². The second-order valence-corrected chi connectivity index (χ2v) is 41.1. The summed E-state index contributed by atoms with van der Waals surface area (Å²) in [6.45, 7) is 32.9. The van der Waals surface area contributed by atoms with E-state index in [0.717, 1.165) is 172 Å². The summed E-state index contributed by atoms with van der Waals surface area (Å²) in [4.78, 5) is 0. The van der Waals surface area contributed by atoms with E-state index >= 15 is 0 Å². The molecule has 12 atom stereocenters. The minimum atomic E-state index is -0.358. The molecule has 10 saturated carbocycles. The van der Waals surface area contributed by atoms with E-state index in [1.54, 1.807) is 49.8 Å². The van der Waals surface area contributed by atoms with Gasteiger partial charge in [0.15, 0.2) is 46.3 Å². The van der Waals surface area contributed by atoms with E-state index < -0.39 is 0 Å². The Hall–Kier alpha value is -2.28. The molecule has 18 nitrogen and oxygen atoms in total. The largest absolute Gasteiger partial charge is 0.373 e. The predicted molar refractivity (Wildman–Crippen MR) is 528 cm³/mol. The molecule has 18 heteroatoms. The molecule has 0 radical (unpaired) electrons. The van der Waals surface area contributed by atoms with Gasteiger partial charge in [0.05, 0.1) is 77.3 Å². The van der Waals surface area contributed by atoms with Crippen LogP contribution < -0.4 is 0 Å². The Balaban J connectivity index is 0.000000204. The summed E-state index contributed by atoms with van der Waals surface area (Å²) < 4.78 is 105. The maximum Gasteiger partial charge on any atom is 0.170 e. The molecule has 0 spiro atoms. The molecule has 0 aromatic heterocycles. The Bertz CT molecular complexity index is 3120. The van der Waals surface area contributed by atoms with Crippen molar-refractivity contribution in [1.29, 1.82) is 0 Å². The van der Waals surface area contributed by atoms with Crippen LogP contribution in [-0.4, -0.2) is 167 Å². The van der Waals surface area contributed by atoms with Crippen molar-refractivity contribution in [1.82, 2.24) is 0 Å². The lowest BCUT2D eigenvalue weighted by Gasteiger charge is -2.35. The lowest BCUT2D eigenvalue weighted by atomic mass is 9.81. The van der Waals surface area contributed by atoms with E-state index in [4.69, 9.17) is 85.3 Å². The van der Waals surface area contributed by atoms with Gasteiger partial charge in [-0.3, -0.25) is 0 Å². The van der Waals surface area contributed by atoms with Gasteiger partial charge in [-0.1, -0.05) is 196 Å². The zero-order valence-electron chi connectivity index (χ0n) is 87.3. The Morgan fingerprint density at radius 3 is 0.831 bits per heavy atom. The van der Waals surface area contributed by atoms with Crippen molar-refractivity contribution in [2.75, 3.05) is 96.5 Å². The van der Waals surface area contributed by atoms with Gasteiger partial charge in [-0.15, -0.1) is 0 Å². The standard InChI is InChI=1S/C16H30O2.C16H24O2.C15H28O2.C15H22O2.C14H26O3.C13H24O3.C12H24O2.C11H22O2/c2*1-4-14-7-9-15(10-8-14)12-18-16(17-3)11-5-6-13(16)2;2*1-3-13-6-8-14(9-7-13)12-17-15(16-2)10-4-5-11-15;1-4-12-7-8-13(17-12)10-16-14(15-3)9-5-6-11(14)2;1-3-11-6-7-12(16-11)10-15-13(14-2)8-4-5-9-13;1-4-5-6-10-14-12(13-3)9-7-8-11(12)2;1-3-4-7-10-13-11(12-2)8-5-6-9-11/h13-15H,4-12H2,1-3H3;7-10,13H,4-6,11-12H2,1-3H3;13-14H,3-12H2,1-2H3;6-9H,3-5,10-12H2,1-2H3;11-13H,4-10H2,1-3H3;11-12H,3-10H2,1-2H3;11H,4-10H2,1-3H3;3-10H2,1-2H3. The second-order valence-electron chi connectivity index (χ2n) is 41.1. The van der Waals surface area contributed by atoms with Crippen LogP contribution in [0, 0.1) is 47.3 Å². The van der Waals surface area contributed by atoms with Gasteiger partial charge >= 0.3 is 0 Å². The van der Waals surface area contributed by atoms with Crippen molar-refractivity contribution in [3.63, 3.8) is 0 Å². The fourth-order valence-electron chi connectivity index (χ4n) is 22.5. The third-order valence-corrected chi connectivity index (χ3v) is 32.6. The normalized spacial score (nSPS) is 31.4. The summed E-state index contributed by atoms with van der Waals surface area (Å²) >= 11 is 0. The van der Waals surface area contributed by atoms with Gasteiger partial charge in [0, 0.05) is 158 Å². The van der Waals surface area contributed by atoms with Gasteiger partial charge in [-0.05, 0) is 239 Å². The molecule has 12 unspecified atom stereocenters. The molecule has 130 heavy (non-hydrogen) atoms. The number of ether oxygens (including phenoxy) is 18. The number of methoxy groups -OCH3 is 8. The van der Waals surface area contributed by atoms with Crippen molar-refractivity contribution < 1.29 is 85.3 Å². The Kier molecular flexibility index (Phi) is 54.7. The van der Waals surface area contributed by atoms with Crippen molar-refractivity contribution >= 4 is 0 Å². The summed E-state index contributed by atoms with van der Waals surface area (Å²) in [6, 6.07) is 17.3. The first-order chi connectivity index (χ1) is 63.0. The topological polar surface area (TPSA) is 166 Å². The van der Waals surface area contributed by atoms with E-state index in [0.29, 0.717) is 62.3 Å². The molecule has 12 aliphatic rings. The fraction of sp³-hybridized carbons (Fsp3) is 0.893. The Morgan fingerprint density at radius 2 is 0.523 bits per heavy atom. The quantitative estimate of drug-likeness (QED) is 0.0454. The molecule has 2 aromatic carbocycles. The van der Waals surface area contributed by atoms with E-state index in [1.165, 1.54) is 234 Å². The highest BCUT2D eigenvalue weighted by Gasteiger charge is 2.47. The van der Waals surface area contributed by atoms with Crippen LogP contribution in [0.3, 0.4) is 0 Å². The smallest absolute Gasteiger partial charge is 0.170 e. The van der Waals surface area contributed by atoms with Gasteiger partial charge in [0.1, 0.15) is 0 Å². The number of unbranched alkanes of at least 4 members (excludes halogenated alkanes) is 4. The maximum absolute atomic E-state index is 6.24. The van der Waals surface area contributed by atoms with Gasteiger partial charge in [-0.25, -0.2) is 0 Å². The predicted octanol–water partition coefficient (Wildman–Crippen LogP) is 28.6. The lowest BCUT2D eigenvalue weighted by molar-refractivity contribution is -0.250. The first kappa shape index (κ1) is 115. The third kappa shape index (κ3) is 37.1. The van der Waals surface area contributed by atoms with Crippen molar-refractivity contribution in [3.8, 4) is 0 Å².